The van der Waals surface area contributed by atoms with Gasteiger partial charge in [0.2, 0.25) is 5.88 Å². The van der Waals surface area contributed by atoms with Gasteiger partial charge in [0.25, 0.3) is 5.91 Å². The van der Waals surface area contributed by atoms with E-state index in [0.717, 1.165) is 23.1 Å². The molecular weight excluding hydrogens is 429 g/mol. The van der Waals surface area contributed by atoms with Gasteiger partial charge in [-0.2, -0.15) is 5.26 Å². The average Bonchev–Trinajstić information content (AvgIpc) is 2.86. The molecule has 2 aromatic carbocycles. The molecule has 34 heavy (non-hydrogen) atoms. The van der Waals surface area contributed by atoms with Crippen molar-refractivity contribution in [1.82, 2.24) is 9.88 Å². The normalized spacial score (nSPS) is 15.9. The van der Waals surface area contributed by atoms with Crippen molar-refractivity contribution in [1.29, 1.82) is 5.26 Å². The molecule has 0 saturated heterocycles. The third-order valence-electron chi connectivity index (χ3n) is 6.53. The second kappa shape index (κ2) is 10.0. The molecule has 6 heteroatoms. The van der Waals surface area contributed by atoms with Gasteiger partial charge >= 0.3 is 0 Å². The van der Waals surface area contributed by atoms with E-state index in [1.807, 2.05) is 32.9 Å². The zero-order valence-electron chi connectivity index (χ0n) is 19.7. The third kappa shape index (κ3) is 4.94. The summed E-state index contributed by atoms with van der Waals surface area (Å²) in [4.78, 5) is 19.6. The molecule has 5 nitrogen and oxygen atoms in total. The summed E-state index contributed by atoms with van der Waals surface area (Å²) in [5.74, 6) is 0.247. The summed E-state index contributed by atoms with van der Waals surface area (Å²) >= 11 is 0. The molecule has 0 N–H and O–H groups in total. The first-order valence-electron chi connectivity index (χ1n) is 11.6. The van der Waals surface area contributed by atoms with Crippen LogP contribution in [0.2, 0.25) is 0 Å². The first-order chi connectivity index (χ1) is 16.4. The molecule has 0 radical (unpaired) electrons. The van der Waals surface area contributed by atoms with Crippen LogP contribution in [-0.2, 0) is 13.0 Å². The summed E-state index contributed by atoms with van der Waals surface area (Å²) in [7, 11) is 0. The Morgan fingerprint density at radius 1 is 1.24 bits per heavy atom. The highest BCUT2D eigenvalue weighted by Gasteiger charge is 2.32. The zero-order chi connectivity index (χ0) is 24.2. The van der Waals surface area contributed by atoms with Crippen LogP contribution < -0.4 is 4.74 Å². The molecule has 0 aliphatic carbocycles. The summed E-state index contributed by atoms with van der Waals surface area (Å²) in [5, 5.41) is 9.08. The van der Waals surface area contributed by atoms with Gasteiger partial charge in [0, 0.05) is 24.4 Å². The number of rotatable bonds is 6. The van der Waals surface area contributed by atoms with E-state index in [-0.39, 0.29) is 30.3 Å². The predicted molar refractivity (Wildman–Crippen MR) is 128 cm³/mol. The number of benzene rings is 2. The Morgan fingerprint density at radius 2 is 2.00 bits per heavy atom. The molecule has 3 aromatic rings. The SMILES string of the molecule is CCC(C)c1cc2c(cc1F)CC(COc1ccc(C)cn1)N(C(=O)c1ccc(C#N)cc1)C2. The lowest BCUT2D eigenvalue weighted by molar-refractivity contribution is 0.0562. The Morgan fingerprint density at radius 3 is 2.65 bits per heavy atom. The minimum absolute atomic E-state index is 0.0987. The van der Waals surface area contributed by atoms with Gasteiger partial charge in [0.1, 0.15) is 12.4 Å². The van der Waals surface area contributed by atoms with Gasteiger partial charge in [-0.3, -0.25) is 4.79 Å². The summed E-state index contributed by atoms with van der Waals surface area (Å²) in [6, 6.07) is 15.7. The molecule has 0 spiro atoms. The van der Waals surface area contributed by atoms with Crippen molar-refractivity contribution >= 4 is 5.91 Å². The van der Waals surface area contributed by atoms with Crippen LogP contribution in [-0.4, -0.2) is 28.4 Å². The average molecular weight is 458 g/mol. The fraction of sp³-hybridized carbons (Fsp3) is 0.321. The van der Waals surface area contributed by atoms with Crippen LogP contribution >= 0.6 is 0 Å². The lowest BCUT2D eigenvalue weighted by Gasteiger charge is -2.37. The second-order valence-corrected chi connectivity index (χ2v) is 8.92. The van der Waals surface area contributed by atoms with Crippen LogP contribution in [0.5, 0.6) is 5.88 Å². The molecule has 0 fully saturated rings. The number of halogens is 1. The van der Waals surface area contributed by atoms with Gasteiger partial charge in [-0.15, -0.1) is 0 Å². The summed E-state index contributed by atoms with van der Waals surface area (Å²) in [5.41, 5.74) is 4.58. The summed E-state index contributed by atoms with van der Waals surface area (Å²) in [6.45, 7) is 6.61. The Bertz CT molecular complexity index is 1220. The second-order valence-electron chi connectivity index (χ2n) is 8.92. The minimum atomic E-state index is -0.285. The number of hydrogen-bond donors (Lipinski definition) is 0. The van der Waals surface area contributed by atoms with Gasteiger partial charge in [0.15, 0.2) is 0 Å². The highest BCUT2D eigenvalue weighted by atomic mass is 19.1. The maximum absolute atomic E-state index is 14.9. The van der Waals surface area contributed by atoms with Crippen LogP contribution in [0.25, 0.3) is 0 Å². The lowest BCUT2D eigenvalue weighted by atomic mass is 9.88. The van der Waals surface area contributed by atoms with Crippen molar-refractivity contribution < 1.29 is 13.9 Å². The quantitative estimate of drug-likeness (QED) is 0.486. The molecule has 0 saturated carbocycles. The highest BCUT2D eigenvalue weighted by molar-refractivity contribution is 5.94. The van der Waals surface area contributed by atoms with Gasteiger partial charge in [-0.05, 0) is 78.3 Å². The molecule has 4 rings (SSSR count). The van der Waals surface area contributed by atoms with Gasteiger partial charge in [0.05, 0.1) is 17.7 Å². The smallest absolute Gasteiger partial charge is 0.254 e. The summed E-state index contributed by atoms with van der Waals surface area (Å²) < 4.78 is 20.8. The number of amides is 1. The molecule has 1 amide bonds. The molecule has 1 aliphatic rings. The molecule has 2 heterocycles. The summed E-state index contributed by atoms with van der Waals surface area (Å²) in [6.07, 6.45) is 3.06. The van der Waals surface area contributed by atoms with Crippen LogP contribution in [0.15, 0.2) is 54.7 Å². The fourth-order valence-electron chi connectivity index (χ4n) is 4.25. The van der Waals surface area contributed by atoms with E-state index in [2.05, 4.69) is 11.1 Å². The predicted octanol–water partition coefficient (Wildman–Crippen LogP) is 5.56. The number of nitrogens with zero attached hydrogens (tertiary/aromatic N) is 3. The Balaban J connectivity index is 1.65. The number of carbonyl (C=O) groups is 1. The Hall–Kier alpha value is -3.72. The molecular formula is C28H28FN3O2. The molecule has 0 bridgehead atoms. The fourth-order valence-corrected chi connectivity index (χ4v) is 4.25. The molecule has 1 aliphatic heterocycles. The van der Waals surface area contributed by atoms with E-state index in [1.54, 1.807) is 47.5 Å². The van der Waals surface area contributed by atoms with Gasteiger partial charge < -0.3 is 9.64 Å². The van der Waals surface area contributed by atoms with Crippen molar-refractivity contribution in [2.75, 3.05) is 6.61 Å². The maximum atomic E-state index is 14.9. The van der Waals surface area contributed by atoms with E-state index < -0.39 is 0 Å². The van der Waals surface area contributed by atoms with Crippen LogP contribution in [0.1, 0.15) is 64.4 Å². The highest BCUT2D eigenvalue weighted by Crippen LogP contribution is 2.31. The molecule has 174 valence electrons. The number of hydrogen-bond acceptors (Lipinski definition) is 4. The third-order valence-corrected chi connectivity index (χ3v) is 6.53. The zero-order valence-corrected chi connectivity index (χ0v) is 19.7. The standard InChI is InChI=1S/C28H28FN3O2/c1-4-19(3)25-12-23-16-32(28(33)21-8-6-20(14-30)7-9-21)24(11-22(23)13-26(25)29)17-34-27-10-5-18(2)15-31-27/h5-10,12-13,15,19,24H,4,11,16-17H2,1-3H3. The number of nitriles is 1. The lowest BCUT2D eigenvalue weighted by Crippen LogP contribution is -2.47. The molecule has 1 aromatic heterocycles. The number of pyridine rings is 1. The van der Waals surface area contributed by atoms with Crippen molar-refractivity contribution in [3.05, 3.63) is 93.9 Å². The van der Waals surface area contributed by atoms with E-state index in [1.165, 1.54) is 0 Å². The van der Waals surface area contributed by atoms with E-state index >= 15 is 0 Å². The van der Waals surface area contributed by atoms with Crippen molar-refractivity contribution in [2.24, 2.45) is 0 Å². The Kier molecular flexibility index (Phi) is 6.93. The van der Waals surface area contributed by atoms with Gasteiger partial charge in [-0.25, -0.2) is 9.37 Å². The largest absolute Gasteiger partial charge is 0.475 e. The van der Waals surface area contributed by atoms with E-state index in [0.29, 0.717) is 35.5 Å². The van der Waals surface area contributed by atoms with Crippen LogP contribution in [0.3, 0.4) is 0 Å². The number of carbonyl (C=O) groups excluding carboxylic acids is 1. The number of fused-ring (bicyclic) bond motifs is 1. The number of aryl methyl sites for hydroxylation is 1. The number of ether oxygens (including phenoxy) is 1. The maximum Gasteiger partial charge on any atom is 0.254 e. The first-order valence-corrected chi connectivity index (χ1v) is 11.6. The van der Waals surface area contributed by atoms with E-state index in [9.17, 15) is 9.18 Å². The topological polar surface area (TPSA) is 66.2 Å². The number of aromatic nitrogens is 1. The molecule has 2 atom stereocenters. The van der Waals surface area contributed by atoms with Gasteiger partial charge in [-0.1, -0.05) is 26.0 Å². The van der Waals surface area contributed by atoms with Crippen molar-refractivity contribution in [2.45, 2.75) is 52.1 Å². The molecule has 2 unspecified atom stereocenters. The minimum Gasteiger partial charge on any atom is -0.475 e. The van der Waals surface area contributed by atoms with Crippen molar-refractivity contribution in [3.8, 4) is 11.9 Å². The Labute approximate surface area is 199 Å². The van der Waals surface area contributed by atoms with Crippen LogP contribution in [0.4, 0.5) is 4.39 Å². The van der Waals surface area contributed by atoms with Crippen LogP contribution in [0, 0.1) is 24.1 Å². The van der Waals surface area contributed by atoms with E-state index in [4.69, 9.17) is 10.00 Å². The monoisotopic (exact) mass is 457 g/mol. The van der Waals surface area contributed by atoms with Crippen molar-refractivity contribution in [3.63, 3.8) is 0 Å². The first kappa shape index (κ1) is 23.4.